The van der Waals surface area contributed by atoms with Gasteiger partial charge in [-0.3, -0.25) is 9.59 Å². The Morgan fingerprint density at radius 2 is 1.62 bits per heavy atom. The quantitative estimate of drug-likeness (QED) is 0.281. The zero-order chi connectivity index (χ0) is 32.7. The van der Waals surface area contributed by atoms with Gasteiger partial charge in [-0.05, 0) is 49.1 Å². The van der Waals surface area contributed by atoms with Crippen molar-refractivity contribution in [2.45, 2.75) is 88.0 Å². The first kappa shape index (κ1) is 32.5. The van der Waals surface area contributed by atoms with Crippen LogP contribution in [0.3, 0.4) is 0 Å². The molecule has 3 heterocycles. The first-order valence-electron chi connectivity index (χ1n) is 14.0. The van der Waals surface area contributed by atoms with Crippen LogP contribution in [0.2, 0.25) is 0 Å². The molecule has 1 unspecified atom stereocenters. The van der Waals surface area contributed by atoms with E-state index in [1.165, 1.54) is 23.0 Å². The van der Waals surface area contributed by atoms with E-state index >= 15 is 0 Å². The first-order valence-corrected chi connectivity index (χ1v) is 14.0. The second-order valence-corrected chi connectivity index (χ2v) is 11.4. The zero-order valence-electron chi connectivity index (χ0n) is 23.3. The maximum atomic E-state index is 14.0. The highest BCUT2D eigenvalue weighted by molar-refractivity contribution is 5.92. The van der Waals surface area contributed by atoms with Crippen molar-refractivity contribution < 1.29 is 49.8 Å². The van der Waals surface area contributed by atoms with Crippen LogP contribution >= 0.6 is 0 Å². The summed E-state index contributed by atoms with van der Waals surface area (Å²) in [5.41, 5.74) is 0.382. The van der Waals surface area contributed by atoms with Gasteiger partial charge in [0, 0.05) is 12.8 Å². The van der Waals surface area contributed by atoms with E-state index in [4.69, 9.17) is 0 Å². The maximum absolute atomic E-state index is 14.0. The molecule has 3 aromatic heterocycles. The molecule has 11 nitrogen and oxygen atoms in total. The van der Waals surface area contributed by atoms with Gasteiger partial charge in [-0.15, -0.1) is 5.10 Å². The Hall–Kier alpha value is -3.90. The maximum Gasteiger partial charge on any atom is 0.409 e. The van der Waals surface area contributed by atoms with E-state index in [1.54, 1.807) is 0 Å². The number of nitrogens with one attached hydrogen (secondary N) is 2. The molecule has 19 heteroatoms. The Morgan fingerprint density at radius 3 is 2.24 bits per heavy atom. The van der Waals surface area contributed by atoms with Crippen LogP contribution in [0.5, 0.6) is 0 Å². The number of nitrogens with zero attached hydrogens (tertiary/aromatic N) is 6. The van der Waals surface area contributed by atoms with E-state index in [0.717, 1.165) is 6.20 Å². The van der Waals surface area contributed by atoms with Gasteiger partial charge in [-0.1, -0.05) is 0 Å². The van der Waals surface area contributed by atoms with Crippen molar-refractivity contribution in [3.8, 4) is 0 Å². The Bertz CT molecular complexity index is 1520. The molecule has 2 aliphatic carbocycles. The normalized spacial score (nSPS) is 19.7. The lowest BCUT2D eigenvalue weighted by Gasteiger charge is -2.33. The van der Waals surface area contributed by atoms with Crippen LogP contribution in [0.15, 0.2) is 24.7 Å². The molecule has 246 valence electrons. The summed E-state index contributed by atoms with van der Waals surface area (Å²) in [7, 11) is 0. The summed E-state index contributed by atoms with van der Waals surface area (Å²) in [6.07, 6.45) is -9.31. The molecule has 0 radical (unpaired) electrons. The highest BCUT2D eigenvalue weighted by atomic mass is 19.4. The third kappa shape index (κ3) is 8.43. The Labute approximate surface area is 249 Å². The summed E-state index contributed by atoms with van der Waals surface area (Å²) < 4.78 is 105. The van der Waals surface area contributed by atoms with E-state index in [0.29, 0.717) is 23.2 Å². The topological polar surface area (TPSA) is 139 Å². The largest absolute Gasteiger partial charge is 0.409 e. The molecule has 0 bridgehead atoms. The summed E-state index contributed by atoms with van der Waals surface area (Å²) in [6.45, 7) is -1.52. The number of aromatic nitrogens is 6. The minimum atomic E-state index is -4.75. The SMILES string of the molecule is O=C(N[C@H](c1cn2ncc(C(NC(=O)[C@H](O)CC(F)(F)F)C3CC3)cc2n1)C1CCC(F)(F)CC1)c1cnn(CC(F)(F)F)n1. The van der Waals surface area contributed by atoms with Crippen molar-refractivity contribution in [2.24, 2.45) is 11.8 Å². The fourth-order valence-corrected chi connectivity index (χ4v) is 5.38. The number of aliphatic hydroxyl groups is 1. The van der Waals surface area contributed by atoms with Crippen molar-refractivity contribution in [1.29, 1.82) is 0 Å². The number of carbonyl (C=O) groups is 2. The predicted molar refractivity (Wildman–Crippen MR) is 136 cm³/mol. The Morgan fingerprint density at radius 1 is 0.956 bits per heavy atom. The van der Waals surface area contributed by atoms with Crippen molar-refractivity contribution in [3.63, 3.8) is 0 Å². The molecule has 0 aromatic carbocycles. The number of halogens is 8. The standard InChI is InChI=1S/C26H28F8N8O3/c27-24(28)5-3-14(4-6-24)21(39-22(44)16-10-36-42(40-16)12-26(32,33)34)17-11-41-19(37-17)7-15(9-35-41)20(13-1-2-13)38-23(45)18(43)8-25(29,30)31/h7,9-11,13-14,18,20-21,43H,1-6,8,12H2,(H,38,45)(H,39,44)/t18-,20?,21+/m1/s1. The summed E-state index contributed by atoms with van der Waals surface area (Å²) >= 11 is 0. The van der Waals surface area contributed by atoms with Gasteiger partial charge in [-0.25, -0.2) is 18.3 Å². The predicted octanol–water partition coefficient (Wildman–Crippen LogP) is 4.06. The van der Waals surface area contributed by atoms with Gasteiger partial charge in [0.2, 0.25) is 11.8 Å². The van der Waals surface area contributed by atoms with Gasteiger partial charge in [0.15, 0.2) is 17.9 Å². The molecule has 0 aliphatic heterocycles. The van der Waals surface area contributed by atoms with Gasteiger partial charge in [0.1, 0.15) is 6.10 Å². The van der Waals surface area contributed by atoms with E-state index in [2.05, 4.69) is 30.9 Å². The number of imidazole rings is 1. The van der Waals surface area contributed by atoms with Crippen molar-refractivity contribution in [3.05, 3.63) is 41.6 Å². The lowest BCUT2D eigenvalue weighted by Crippen LogP contribution is -2.40. The molecule has 3 N–H and O–H groups in total. The third-order valence-electron chi connectivity index (χ3n) is 7.77. The number of hydrogen-bond acceptors (Lipinski definition) is 7. The average Bonchev–Trinajstić information content (AvgIpc) is 3.51. The average molecular weight is 653 g/mol. The third-order valence-corrected chi connectivity index (χ3v) is 7.77. The minimum Gasteiger partial charge on any atom is -0.383 e. The highest BCUT2D eigenvalue weighted by Crippen LogP contribution is 2.43. The number of amides is 2. The molecule has 0 spiro atoms. The van der Waals surface area contributed by atoms with Crippen LogP contribution in [0, 0.1) is 11.8 Å². The van der Waals surface area contributed by atoms with Crippen molar-refractivity contribution in [1.82, 2.24) is 40.2 Å². The molecule has 2 saturated carbocycles. The molecule has 5 rings (SSSR count). The summed E-state index contributed by atoms with van der Waals surface area (Å²) in [5, 5.41) is 26.1. The fraction of sp³-hybridized carbons (Fsp3) is 0.615. The molecule has 3 atom stereocenters. The van der Waals surface area contributed by atoms with Crippen LogP contribution < -0.4 is 10.6 Å². The summed E-state index contributed by atoms with van der Waals surface area (Å²) in [5.74, 6) is -5.64. The molecular formula is C26H28F8N8O3. The molecular weight excluding hydrogens is 624 g/mol. The van der Waals surface area contributed by atoms with E-state index < -0.39 is 85.7 Å². The van der Waals surface area contributed by atoms with Crippen LogP contribution in [-0.4, -0.2) is 70.9 Å². The number of hydrogen-bond donors (Lipinski definition) is 3. The highest BCUT2D eigenvalue weighted by Gasteiger charge is 2.41. The number of alkyl halides is 8. The van der Waals surface area contributed by atoms with Gasteiger partial charge in [-0.2, -0.15) is 41.3 Å². The van der Waals surface area contributed by atoms with Gasteiger partial charge in [0.25, 0.3) is 5.91 Å². The zero-order valence-corrected chi connectivity index (χ0v) is 23.3. The number of carbonyl (C=O) groups excluding carboxylic acids is 2. The number of aliphatic hydroxyl groups excluding tert-OH is 1. The fourth-order valence-electron chi connectivity index (χ4n) is 5.38. The van der Waals surface area contributed by atoms with Crippen LogP contribution in [-0.2, 0) is 11.3 Å². The van der Waals surface area contributed by atoms with Gasteiger partial charge < -0.3 is 15.7 Å². The molecule has 2 fully saturated rings. The number of rotatable bonds is 10. The summed E-state index contributed by atoms with van der Waals surface area (Å²) in [6, 6.07) is -0.219. The van der Waals surface area contributed by atoms with E-state index in [1.807, 2.05) is 0 Å². The van der Waals surface area contributed by atoms with Crippen LogP contribution in [0.25, 0.3) is 5.65 Å². The molecule has 3 aromatic rings. The number of fused-ring (bicyclic) bond motifs is 1. The van der Waals surface area contributed by atoms with Crippen molar-refractivity contribution in [2.75, 3.05) is 0 Å². The van der Waals surface area contributed by atoms with Crippen LogP contribution in [0.1, 0.15) is 78.8 Å². The lowest BCUT2D eigenvalue weighted by atomic mass is 9.81. The smallest absolute Gasteiger partial charge is 0.383 e. The van der Waals surface area contributed by atoms with E-state index in [-0.39, 0.29) is 30.1 Å². The van der Waals surface area contributed by atoms with Crippen LogP contribution in [0.4, 0.5) is 35.1 Å². The monoisotopic (exact) mass is 652 g/mol. The molecule has 2 amide bonds. The Kier molecular flexibility index (Phi) is 8.76. The van der Waals surface area contributed by atoms with Crippen molar-refractivity contribution >= 4 is 17.5 Å². The van der Waals surface area contributed by atoms with Gasteiger partial charge in [0.05, 0.1) is 42.8 Å². The first-order chi connectivity index (χ1) is 21.0. The van der Waals surface area contributed by atoms with Gasteiger partial charge >= 0.3 is 12.4 Å². The van der Waals surface area contributed by atoms with E-state index in [9.17, 15) is 49.8 Å². The molecule has 2 aliphatic rings. The molecule has 45 heavy (non-hydrogen) atoms. The lowest BCUT2D eigenvalue weighted by molar-refractivity contribution is -0.163. The Balaban J connectivity index is 1.39. The second kappa shape index (κ2) is 12.1. The second-order valence-electron chi connectivity index (χ2n) is 11.4. The minimum absolute atomic E-state index is 0.00129. The summed E-state index contributed by atoms with van der Waals surface area (Å²) in [4.78, 5) is 30.2. The molecule has 0 saturated heterocycles.